The molecular formula is C23H23N3OS. The molecule has 3 heterocycles. The number of benzene rings is 2. The minimum absolute atomic E-state index is 0.337. The van der Waals surface area contributed by atoms with Crippen LogP contribution in [0.25, 0.3) is 21.5 Å². The first-order valence-electron chi connectivity index (χ1n) is 9.80. The Bertz CT molecular complexity index is 1040. The van der Waals surface area contributed by atoms with Crippen LogP contribution in [-0.2, 0) is 6.54 Å². The fourth-order valence-electron chi connectivity index (χ4n) is 4.14. The number of thiazole rings is 1. The molecule has 4 aromatic rings. The lowest BCUT2D eigenvalue weighted by Crippen LogP contribution is -2.45. The molecule has 2 aromatic heterocycles. The molecule has 2 N–H and O–H groups in total. The topological polar surface area (TPSA) is 50.1 Å². The monoisotopic (exact) mass is 389 g/mol. The van der Waals surface area contributed by atoms with E-state index in [4.69, 9.17) is 4.42 Å². The van der Waals surface area contributed by atoms with E-state index >= 15 is 0 Å². The standard InChI is InChI=1S/C23H23N3OS/c1-2-5-16(6-3-1)21-20(7-4-9-24-21)26-15-19-14-18(23-25-10-12-28-23)13-17-8-11-27-22(17)19/h1-3,5-6,8,10-14,20-21,24,26H,4,7,9,15H2/t20-,21-/m1/s1. The van der Waals surface area contributed by atoms with Gasteiger partial charge >= 0.3 is 0 Å². The fraction of sp³-hybridized carbons (Fsp3) is 0.261. The zero-order chi connectivity index (χ0) is 18.8. The van der Waals surface area contributed by atoms with Crippen LogP contribution in [-0.4, -0.2) is 17.6 Å². The molecule has 1 saturated heterocycles. The highest BCUT2D eigenvalue weighted by molar-refractivity contribution is 7.13. The number of furan rings is 1. The van der Waals surface area contributed by atoms with Gasteiger partial charge in [-0.05, 0) is 43.1 Å². The second kappa shape index (κ2) is 7.87. The molecule has 0 spiro atoms. The Hall–Kier alpha value is -2.47. The summed E-state index contributed by atoms with van der Waals surface area (Å²) in [6, 6.07) is 17.9. The maximum Gasteiger partial charge on any atom is 0.138 e. The number of rotatable bonds is 5. The van der Waals surface area contributed by atoms with Gasteiger partial charge in [0.2, 0.25) is 0 Å². The Kier molecular flexibility index (Phi) is 4.95. The summed E-state index contributed by atoms with van der Waals surface area (Å²) in [7, 11) is 0. The van der Waals surface area contributed by atoms with Crippen molar-refractivity contribution in [3.05, 3.63) is 77.5 Å². The van der Waals surface area contributed by atoms with E-state index in [1.54, 1.807) is 17.6 Å². The normalized spacial score (nSPS) is 19.9. The van der Waals surface area contributed by atoms with E-state index in [0.717, 1.165) is 34.6 Å². The lowest BCUT2D eigenvalue weighted by atomic mass is 9.92. The lowest BCUT2D eigenvalue weighted by molar-refractivity contribution is 0.304. The molecule has 2 aromatic carbocycles. The molecule has 0 unspecified atom stereocenters. The molecule has 28 heavy (non-hydrogen) atoms. The molecule has 0 radical (unpaired) electrons. The molecule has 1 fully saturated rings. The number of hydrogen-bond acceptors (Lipinski definition) is 5. The van der Waals surface area contributed by atoms with Crippen LogP contribution < -0.4 is 10.6 Å². The van der Waals surface area contributed by atoms with Crippen LogP contribution in [0.4, 0.5) is 0 Å². The smallest absolute Gasteiger partial charge is 0.138 e. The SMILES string of the molecule is c1ccc([C@H]2NCCC[C@H]2NCc2cc(-c3nccs3)cc3ccoc23)cc1. The van der Waals surface area contributed by atoms with Gasteiger partial charge in [0, 0.05) is 46.7 Å². The van der Waals surface area contributed by atoms with Gasteiger partial charge in [0.1, 0.15) is 10.6 Å². The highest BCUT2D eigenvalue weighted by Gasteiger charge is 2.25. The molecule has 5 heteroatoms. The largest absolute Gasteiger partial charge is 0.464 e. The first kappa shape index (κ1) is 17.6. The lowest BCUT2D eigenvalue weighted by Gasteiger charge is -2.34. The summed E-state index contributed by atoms with van der Waals surface area (Å²) in [5, 5.41) is 11.7. The summed E-state index contributed by atoms with van der Waals surface area (Å²) in [6.07, 6.45) is 5.99. The van der Waals surface area contributed by atoms with Crippen LogP contribution in [0.1, 0.15) is 30.0 Å². The number of fused-ring (bicyclic) bond motifs is 1. The molecule has 4 nitrogen and oxygen atoms in total. The third-order valence-electron chi connectivity index (χ3n) is 5.48. The van der Waals surface area contributed by atoms with E-state index in [2.05, 4.69) is 58.1 Å². The molecule has 0 amide bonds. The average Bonchev–Trinajstić information content (AvgIpc) is 3.44. The third kappa shape index (κ3) is 3.49. The fourth-order valence-corrected chi connectivity index (χ4v) is 4.76. The molecule has 5 rings (SSSR count). The van der Waals surface area contributed by atoms with Gasteiger partial charge < -0.3 is 15.1 Å². The quantitative estimate of drug-likeness (QED) is 0.496. The zero-order valence-corrected chi connectivity index (χ0v) is 16.4. The van der Waals surface area contributed by atoms with Crippen molar-refractivity contribution in [1.82, 2.24) is 15.6 Å². The summed E-state index contributed by atoms with van der Waals surface area (Å²) in [5.74, 6) is 0. The Labute approximate surface area is 168 Å². The second-order valence-corrected chi connectivity index (χ2v) is 8.18. The predicted octanol–water partition coefficient (Wildman–Crippen LogP) is 5.14. The predicted molar refractivity (Wildman–Crippen MR) is 114 cm³/mol. The minimum Gasteiger partial charge on any atom is -0.464 e. The number of nitrogens with one attached hydrogen (secondary N) is 2. The number of piperidine rings is 1. The maximum absolute atomic E-state index is 5.80. The van der Waals surface area contributed by atoms with Gasteiger partial charge in [0.25, 0.3) is 0 Å². The molecule has 0 saturated carbocycles. The summed E-state index contributed by atoms with van der Waals surface area (Å²) >= 11 is 1.67. The van der Waals surface area contributed by atoms with Crippen LogP contribution in [0.15, 0.2) is 70.8 Å². The second-order valence-electron chi connectivity index (χ2n) is 7.28. The zero-order valence-electron chi connectivity index (χ0n) is 15.6. The minimum atomic E-state index is 0.337. The van der Waals surface area contributed by atoms with Crippen molar-refractivity contribution >= 4 is 22.3 Å². The van der Waals surface area contributed by atoms with Gasteiger partial charge in [0.15, 0.2) is 0 Å². The van der Waals surface area contributed by atoms with Crippen LogP contribution >= 0.6 is 11.3 Å². The van der Waals surface area contributed by atoms with Crippen LogP contribution in [0.2, 0.25) is 0 Å². The number of aromatic nitrogens is 1. The summed E-state index contributed by atoms with van der Waals surface area (Å²) in [6.45, 7) is 1.85. The van der Waals surface area contributed by atoms with Gasteiger partial charge in [0.05, 0.1) is 6.26 Å². The first-order valence-corrected chi connectivity index (χ1v) is 10.7. The third-order valence-corrected chi connectivity index (χ3v) is 6.30. The van der Waals surface area contributed by atoms with Crippen molar-refractivity contribution in [2.75, 3.05) is 6.54 Å². The van der Waals surface area contributed by atoms with Crippen LogP contribution in [0.5, 0.6) is 0 Å². The first-order chi connectivity index (χ1) is 13.9. The van der Waals surface area contributed by atoms with E-state index < -0.39 is 0 Å². The Morgan fingerprint density at radius 2 is 2.11 bits per heavy atom. The van der Waals surface area contributed by atoms with Crippen molar-refractivity contribution in [2.45, 2.75) is 31.5 Å². The van der Waals surface area contributed by atoms with Crippen molar-refractivity contribution in [3.8, 4) is 10.6 Å². The van der Waals surface area contributed by atoms with Crippen molar-refractivity contribution in [2.24, 2.45) is 0 Å². The Morgan fingerprint density at radius 1 is 1.18 bits per heavy atom. The number of hydrogen-bond donors (Lipinski definition) is 2. The van der Waals surface area contributed by atoms with Gasteiger partial charge in [-0.2, -0.15) is 0 Å². The summed E-state index contributed by atoms with van der Waals surface area (Å²) < 4.78 is 5.80. The number of nitrogens with zero attached hydrogens (tertiary/aromatic N) is 1. The molecule has 142 valence electrons. The van der Waals surface area contributed by atoms with Crippen molar-refractivity contribution < 1.29 is 4.42 Å². The van der Waals surface area contributed by atoms with Crippen LogP contribution in [0, 0.1) is 0 Å². The highest BCUT2D eigenvalue weighted by Crippen LogP contribution is 2.30. The van der Waals surface area contributed by atoms with Crippen LogP contribution in [0.3, 0.4) is 0 Å². The van der Waals surface area contributed by atoms with E-state index in [0.29, 0.717) is 12.1 Å². The van der Waals surface area contributed by atoms with E-state index in [1.807, 2.05) is 17.6 Å². The maximum atomic E-state index is 5.80. The van der Waals surface area contributed by atoms with Crippen molar-refractivity contribution in [3.63, 3.8) is 0 Å². The molecule has 0 aliphatic carbocycles. The molecular weight excluding hydrogens is 366 g/mol. The molecule has 0 bridgehead atoms. The van der Waals surface area contributed by atoms with E-state index in [1.165, 1.54) is 24.0 Å². The Balaban J connectivity index is 1.41. The summed E-state index contributed by atoms with van der Waals surface area (Å²) in [5.41, 5.74) is 4.65. The van der Waals surface area contributed by atoms with Gasteiger partial charge in [-0.3, -0.25) is 0 Å². The average molecular weight is 390 g/mol. The summed E-state index contributed by atoms with van der Waals surface area (Å²) in [4.78, 5) is 4.48. The van der Waals surface area contributed by atoms with E-state index in [9.17, 15) is 0 Å². The van der Waals surface area contributed by atoms with Crippen molar-refractivity contribution in [1.29, 1.82) is 0 Å². The Morgan fingerprint density at radius 3 is 2.96 bits per heavy atom. The molecule has 1 aliphatic heterocycles. The van der Waals surface area contributed by atoms with Gasteiger partial charge in [-0.25, -0.2) is 4.98 Å². The van der Waals surface area contributed by atoms with Gasteiger partial charge in [-0.1, -0.05) is 30.3 Å². The van der Waals surface area contributed by atoms with Gasteiger partial charge in [-0.15, -0.1) is 11.3 Å². The van der Waals surface area contributed by atoms with E-state index in [-0.39, 0.29) is 0 Å². The molecule has 1 aliphatic rings. The molecule has 2 atom stereocenters. The highest BCUT2D eigenvalue weighted by atomic mass is 32.1.